The number of nitrogens with zero attached hydrogens (tertiary/aromatic N) is 2. The number of halogens is 1. The molecular weight excluding hydrogens is 238 g/mol. The zero-order chi connectivity index (χ0) is 13.0. The Morgan fingerprint density at radius 2 is 2.24 bits per heavy atom. The molecule has 4 nitrogen and oxygen atoms in total. The zero-order valence-electron chi connectivity index (χ0n) is 10.7. The van der Waals surface area contributed by atoms with Gasteiger partial charge in [0.1, 0.15) is 5.78 Å². The second-order valence-electron chi connectivity index (χ2n) is 4.56. The molecule has 96 valence electrons. The van der Waals surface area contributed by atoms with Crippen molar-refractivity contribution in [3.63, 3.8) is 0 Å². The van der Waals surface area contributed by atoms with Gasteiger partial charge in [0.05, 0.1) is 16.4 Å². The predicted molar refractivity (Wildman–Crippen MR) is 69.1 cm³/mol. The Kier molecular flexibility index (Phi) is 5.15. The van der Waals surface area contributed by atoms with Crippen LogP contribution in [0.25, 0.3) is 0 Å². The first-order valence-corrected chi connectivity index (χ1v) is 6.23. The molecule has 0 aliphatic rings. The highest BCUT2D eigenvalue weighted by Crippen LogP contribution is 2.20. The van der Waals surface area contributed by atoms with Crippen LogP contribution >= 0.6 is 11.6 Å². The number of hydrogen-bond donors (Lipinski definition) is 1. The van der Waals surface area contributed by atoms with Gasteiger partial charge >= 0.3 is 0 Å². The van der Waals surface area contributed by atoms with E-state index >= 15 is 0 Å². The zero-order valence-corrected chi connectivity index (χ0v) is 11.4. The molecule has 1 rings (SSSR count). The van der Waals surface area contributed by atoms with Gasteiger partial charge in [0.15, 0.2) is 0 Å². The molecule has 0 fully saturated rings. The molecule has 1 aromatic rings. The normalized spacial score (nSPS) is 12.8. The fourth-order valence-electron chi connectivity index (χ4n) is 1.67. The summed E-state index contributed by atoms with van der Waals surface area (Å²) in [6.07, 6.45) is 1.75. The monoisotopic (exact) mass is 257 g/mol. The molecule has 1 aromatic heterocycles. The lowest BCUT2D eigenvalue weighted by atomic mass is 10.0. The molecule has 0 aromatic carbocycles. The minimum absolute atomic E-state index is 0.190. The molecule has 0 aliphatic carbocycles. The molecule has 0 aliphatic heterocycles. The maximum absolute atomic E-state index is 11.8. The van der Waals surface area contributed by atoms with Gasteiger partial charge in [0, 0.05) is 19.9 Å². The van der Waals surface area contributed by atoms with Crippen LogP contribution in [0.1, 0.15) is 31.2 Å². The number of rotatable bonds is 6. The van der Waals surface area contributed by atoms with Crippen molar-refractivity contribution in [2.24, 2.45) is 18.7 Å². The van der Waals surface area contributed by atoms with Crippen molar-refractivity contribution in [3.05, 3.63) is 16.4 Å². The van der Waals surface area contributed by atoms with Gasteiger partial charge in [-0.25, -0.2) is 0 Å². The first-order valence-electron chi connectivity index (χ1n) is 5.85. The Bertz CT molecular complexity index is 401. The van der Waals surface area contributed by atoms with E-state index in [1.807, 2.05) is 14.0 Å². The molecule has 0 spiro atoms. The number of carbonyl (C=O) groups excluding carboxylic acids is 1. The van der Waals surface area contributed by atoms with Gasteiger partial charge in [0.25, 0.3) is 0 Å². The van der Waals surface area contributed by atoms with Crippen molar-refractivity contribution in [1.29, 1.82) is 0 Å². The Hall–Kier alpha value is -0.870. The molecule has 5 heteroatoms. The van der Waals surface area contributed by atoms with Gasteiger partial charge in [-0.05, 0) is 25.8 Å². The quantitative estimate of drug-likeness (QED) is 0.846. The van der Waals surface area contributed by atoms with Gasteiger partial charge in [-0.3, -0.25) is 9.48 Å². The highest BCUT2D eigenvalue weighted by atomic mass is 35.5. The lowest BCUT2D eigenvalue weighted by Gasteiger charge is -2.07. The number of aromatic nitrogens is 2. The third-order valence-electron chi connectivity index (χ3n) is 2.94. The molecular formula is C12H20ClN3O. The number of Topliss-reactive ketones (excluding diaryl/α,β-unsaturated/α-hetero) is 1. The summed E-state index contributed by atoms with van der Waals surface area (Å²) in [7, 11) is 1.81. The van der Waals surface area contributed by atoms with Gasteiger partial charge in [-0.1, -0.05) is 18.5 Å². The van der Waals surface area contributed by atoms with Crippen LogP contribution in [-0.4, -0.2) is 22.1 Å². The topological polar surface area (TPSA) is 60.9 Å². The SMILES string of the molecule is Cc1nn(C)c(CC(=O)CCC(C)CN)c1Cl. The van der Waals surface area contributed by atoms with Crippen LogP contribution in [0.2, 0.25) is 5.02 Å². The summed E-state index contributed by atoms with van der Waals surface area (Å²) in [5.41, 5.74) is 7.09. The Balaban J connectivity index is 2.56. The minimum Gasteiger partial charge on any atom is -0.330 e. The highest BCUT2D eigenvalue weighted by Gasteiger charge is 2.15. The highest BCUT2D eigenvalue weighted by molar-refractivity contribution is 6.32. The maximum atomic E-state index is 11.8. The van der Waals surface area contributed by atoms with E-state index in [0.29, 0.717) is 30.3 Å². The summed E-state index contributed by atoms with van der Waals surface area (Å²) in [6.45, 7) is 4.51. The fourth-order valence-corrected chi connectivity index (χ4v) is 1.90. The largest absolute Gasteiger partial charge is 0.330 e. The Morgan fingerprint density at radius 1 is 1.59 bits per heavy atom. The summed E-state index contributed by atoms with van der Waals surface area (Å²) in [4.78, 5) is 11.8. The van der Waals surface area contributed by atoms with Gasteiger partial charge in [-0.15, -0.1) is 0 Å². The van der Waals surface area contributed by atoms with Gasteiger partial charge < -0.3 is 5.73 Å². The van der Waals surface area contributed by atoms with Crippen molar-refractivity contribution in [1.82, 2.24) is 9.78 Å². The molecule has 1 atom stereocenters. The van der Waals surface area contributed by atoms with E-state index in [1.165, 1.54) is 0 Å². The predicted octanol–water partition coefficient (Wildman–Crippen LogP) is 1.87. The van der Waals surface area contributed by atoms with Crippen LogP contribution in [0.4, 0.5) is 0 Å². The number of carbonyl (C=O) groups is 1. The molecule has 1 heterocycles. The van der Waals surface area contributed by atoms with Crippen LogP contribution in [0, 0.1) is 12.8 Å². The van der Waals surface area contributed by atoms with Crippen molar-refractivity contribution < 1.29 is 4.79 Å². The molecule has 2 N–H and O–H groups in total. The number of aryl methyl sites for hydroxylation is 2. The molecule has 0 saturated carbocycles. The second-order valence-corrected chi connectivity index (χ2v) is 4.94. The third-order valence-corrected chi connectivity index (χ3v) is 3.44. The van der Waals surface area contributed by atoms with Crippen molar-refractivity contribution in [2.45, 2.75) is 33.1 Å². The standard InChI is InChI=1S/C12H20ClN3O/c1-8(7-14)4-5-10(17)6-11-12(13)9(2)15-16(11)3/h8H,4-7,14H2,1-3H3. The van der Waals surface area contributed by atoms with E-state index in [9.17, 15) is 4.79 Å². The van der Waals surface area contributed by atoms with E-state index in [4.69, 9.17) is 17.3 Å². The summed E-state index contributed by atoms with van der Waals surface area (Å²) in [5.74, 6) is 0.581. The van der Waals surface area contributed by atoms with Crippen molar-refractivity contribution >= 4 is 17.4 Å². The summed E-state index contributed by atoms with van der Waals surface area (Å²) >= 11 is 6.09. The first kappa shape index (κ1) is 14.2. The number of ketones is 1. The van der Waals surface area contributed by atoms with Crippen LogP contribution in [0.3, 0.4) is 0 Å². The van der Waals surface area contributed by atoms with E-state index in [-0.39, 0.29) is 5.78 Å². The van der Waals surface area contributed by atoms with Crippen LogP contribution in [0.5, 0.6) is 0 Å². The van der Waals surface area contributed by atoms with Crippen LogP contribution in [-0.2, 0) is 18.3 Å². The van der Waals surface area contributed by atoms with Crippen molar-refractivity contribution in [3.8, 4) is 0 Å². The average Bonchev–Trinajstić information content (AvgIpc) is 2.53. The van der Waals surface area contributed by atoms with Gasteiger partial charge in [-0.2, -0.15) is 5.10 Å². The molecule has 0 amide bonds. The number of nitrogens with two attached hydrogens (primary N) is 1. The van der Waals surface area contributed by atoms with E-state index < -0.39 is 0 Å². The molecule has 0 radical (unpaired) electrons. The van der Waals surface area contributed by atoms with Crippen LogP contribution in [0.15, 0.2) is 0 Å². The van der Waals surface area contributed by atoms with E-state index in [1.54, 1.807) is 4.68 Å². The molecule has 0 bridgehead atoms. The Morgan fingerprint density at radius 3 is 2.71 bits per heavy atom. The molecule has 0 saturated heterocycles. The van der Waals surface area contributed by atoms with Gasteiger partial charge in [0.2, 0.25) is 0 Å². The molecule has 1 unspecified atom stereocenters. The van der Waals surface area contributed by atoms with Crippen LogP contribution < -0.4 is 5.73 Å². The lowest BCUT2D eigenvalue weighted by Crippen LogP contribution is -2.14. The van der Waals surface area contributed by atoms with E-state index in [0.717, 1.165) is 17.8 Å². The second kappa shape index (κ2) is 6.17. The summed E-state index contributed by atoms with van der Waals surface area (Å²) in [5, 5.41) is 4.79. The first-order chi connectivity index (χ1) is 7.95. The summed E-state index contributed by atoms with van der Waals surface area (Å²) in [6, 6.07) is 0. The fraction of sp³-hybridized carbons (Fsp3) is 0.667. The Labute approximate surface area is 107 Å². The lowest BCUT2D eigenvalue weighted by molar-refractivity contribution is -0.118. The third kappa shape index (κ3) is 3.82. The van der Waals surface area contributed by atoms with Crippen molar-refractivity contribution in [2.75, 3.05) is 6.54 Å². The minimum atomic E-state index is 0.190. The number of hydrogen-bond acceptors (Lipinski definition) is 3. The smallest absolute Gasteiger partial charge is 0.138 e. The van der Waals surface area contributed by atoms with E-state index in [2.05, 4.69) is 12.0 Å². The molecule has 17 heavy (non-hydrogen) atoms. The average molecular weight is 258 g/mol. The summed E-state index contributed by atoms with van der Waals surface area (Å²) < 4.78 is 1.68. The maximum Gasteiger partial charge on any atom is 0.138 e.